The van der Waals surface area contributed by atoms with Crippen molar-refractivity contribution in [2.75, 3.05) is 219 Å². The van der Waals surface area contributed by atoms with Crippen LogP contribution >= 0.6 is 0 Å². The molecule has 28 heteroatoms. The van der Waals surface area contributed by atoms with E-state index in [0.717, 1.165) is 176 Å². The first kappa shape index (κ1) is 113. The monoisotopic (exact) mass is 1370 g/mol. The number of methoxy groups -OCH3 is 4. The van der Waals surface area contributed by atoms with E-state index in [1.165, 1.54) is 12.8 Å². The summed E-state index contributed by atoms with van der Waals surface area (Å²) in [6.45, 7) is 45.1. The van der Waals surface area contributed by atoms with Gasteiger partial charge in [0.1, 0.15) is 0 Å². The van der Waals surface area contributed by atoms with Gasteiger partial charge in [-0.15, -0.1) is 0 Å². The van der Waals surface area contributed by atoms with Crippen LogP contribution in [0.3, 0.4) is 0 Å². The molecular weight excluding hydrogens is 1200 g/mol. The maximum absolute atomic E-state index is 5.36. The van der Waals surface area contributed by atoms with E-state index in [1.807, 2.05) is 69.2 Å². The first-order valence-corrected chi connectivity index (χ1v) is 34.5. The van der Waals surface area contributed by atoms with Gasteiger partial charge in [-0.1, -0.05) is 20.3 Å². The molecule has 2 aliphatic rings. The number of nitrogens with two attached hydrogens (primary N) is 12. The molecule has 1 unspecified atom stereocenters. The molecule has 0 aliphatic carbocycles. The van der Waals surface area contributed by atoms with Crippen LogP contribution in [0.2, 0.25) is 0 Å². The molecule has 2 aliphatic heterocycles. The van der Waals surface area contributed by atoms with E-state index in [9.17, 15) is 0 Å². The minimum Gasteiger partial charge on any atom is -0.385 e. The highest BCUT2D eigenvalue weighted by molar-refractivity contribution is 4.74. The molecule has 0 amide bonds. The van der Waals surface area contributed by atoms with Gasteiger partial charge in [-0.05, 0) is 192 Å². The topological polar surface area (TPSA) is 460 Å². The average molecular weight is 1370 g/mol. The molecule has 0 aromatic rings. The van der Waals surface area contributed by atoms with Crippen LogP contribution in [0.5, 0.6) is 0 Å². The van der Waals surface area contributed by atoms with Gasteiger partial charge < -0.3 is 145 Å². The van der Waals surface area contributed by atoms with Gasteiger partial charge in [0.15, 0.2) is 25.2 Å². The zero-order valence-electron chi connectivity index (χ0n) is 63.1. The van der Waals surface area contributed by atoms with Crippen molar-refractivity contribution >= 4 is 0 Å². The van der Waals surface area contributed by atoms with Crippen LogP contribution < -0.4 is 68.8 Å². The van der Waals surface area contributed by atoms with Crippen molar-refractivity contribution in [3.05, 3.63) is 0 Å². The molecule has 0 radical (unpaired) electrons. The van der Waals surface area contributed by atoms with Gasteiger partial charge >= 0.3 is 0 Å². The van der Waals surface area contributed by atoms with Crippen LogP contribution in [0.25, 0.3) is 0 Å². The molecular formula is C65H162N12O16. The van der Waals surface area contributed by atoms with Gasteiger partial charge in [0.2, 0.25) is 0 Å². The molecule has 0 aromatic heterocycles. The van der Waals surface area contributed by atoms with Crippen molar-refractivity contribution in [2.24, 2.45) is 68.8 Å². The number of ether oxygens (including phenoxy) is 16. The quantitative estimate of drug-likeness (QED) is 0.0299. The largest absolute Gasteiger partial charge is 0.385 e. The van der Waals surface area contributed by atoms with Crippen molar-refractivity contribution in [1.29, 1.82) is 0 Å². The molecule has 0 aromatic carbocycles. The molecule has 28 nitrogen and oxygen atoms in total. The maximum Gasteiger partial charge on any atom is 0.170 e. The lowest BCUT2D eigenvalue weighted by Crippen LogP contribution is -2.26. The van der Waals surface area contributed by atoms with Gasteiger partial charge in [0, 0.05) is 134 Å². The third-order valence-corrected chi connectivity index (χ3v) is 10.3. The van der Waals surface area contributed by atoms with E-state index in [4.69, 9.17) is 140 Å². The van der Waals surface area contributed by atoms with Crippen LogP contribution in [0, 0.1) is 0 Å². The summed E-state index contributed by atoms with van der Waals surface area (Å²) in [6, 6.07) is 0. The predicted molar refractivity (Wildman–Crippen MR) is 386 cm³/mol. The summed E-state index contributed by atoms with van der Waals surface area (Å²) in [5.74, 6) is 0. The molecule has 24 N–H and O–H groups in total. The van der Waals surface area contributed by atoms with Crippen molar-refractivity contribution in [1.82, 2.24) is 0 Å². The second kappa shape index (κ2) is 112. The summed E-state index contributed by atoms with van der Waals surface area (Å²) in [5.41, 5.74) is 62.4. The fourth-order valence-electron chi connectivity index (χ4n) is 5.61. The Morgan fingerprint density at radius 2 is 0.763 bits per heavy atom. The van der Waals surface area contributed by atoms with E-state index in [-0.39, 0.29) is 30.8 Å². The molecule has 0 bridgehead atoms. The number of unbranched alkanes of at least 4 members (excludes halogenated alkanes) is 1. The van der Waals surface area contributed by atoms with E-state index < -0.39 is 0 Å². The maximum atomic E-state index is 5.36. The van der Waals surface area contributed by atoms with Crippen LogP contribution in [-0.2, 0) is 75.8 Å². The summed E-state index contributed by atoms with van der Waals surface area (Å²) in [5, 5.41) is 0. The van der Waals surface area contributed by atoms with Crippen LogP contribution in [0.4, 0.5) is 0 Å². The third-order valence-electron chi connectivity index (χ3n) is 10.3. The zero-order chi connectivity index (χ0) is 73.0. The Hall–Kier alpha value is -1.12. The second-order valence-corrected chi connectivity index (χ2v) is 20.6. The van der Waals surface area contributed by atoms with Gasteiger partial charge in [-0.3, -0.25) is 0 Å². The second-order valence-electron chi connectivity index (χ2n) is 20.6. The Morgan fingerprint density at radius 1 is 0.366 bits per heavy atom. The summed E-state index contributed by atoms with van der Waals surface area (Å²) < 4.78 is 80.9. The molecule has 2 rings (SSSR count). The Labute approximate surface area is 571 Å². The summed E-state index contributed by atoms with van der Waals surface area (Å²) in [7, 11) is 6.57. The molecule has 2 heterocycles. The Balaban J connectivity index is -0.000000102. The number of hydrogen-bond donors (Lipinski definition) is 12. The van der Waals surface area contributed by atoms with Crippen LogP contribution in [0.1, 0.15) is 167 Å². The average Bonchev–Trinajstić information content (AvgIpc) is 1.84. The number of rotatable bonds is 45. The molecule has 1 atom stereocenters. The lowest BCUT2D eigenvalue weighted by molar-refractivity contribution is -0.139. The number of hydrogen-bond acceptors (Lipinski definition) is 28. The highest BCUT2D eigenvalue weighted by Gasteiger charge is 2.31. The molecule has 578 valence electrons. The molecule has 0 spiro atoms. The van der Waals surface area contributed by atoms with Gasteiger partial charge in [-0.25, -0.2) is 0 Å². The van der Waals surface area contributed by atoms with E-state index in [2.05, 4.69) is 18.6 Å². The van der Waals surface area contributed by atoms with Gasteiger partial charge in [0.25, 0.3) is 0 Å². The van der Waals surface area contributed by atoms with Crippen molar-refractivity contribution < 1.29 is 75.8 Å². The third kappa shape index (κ3) is 139. The first-order chi connectivity index (χ1) is 44.8. The highest BCUT2D eigenvalue weighted by atomic mass is 16.7. The van der Waals surface area contributed by atoms with Crippen LogP contribution in [0.15, 0.2) is 0 Å². The van der Waals surface area contributed by atoms with E-state index in [1.54, 1.807) is 28.4 Å². The minimum absolute atomic E-state index is 0.0139. The minimum atomic E-state index is -0.181. The SMILES string of the molecule is CC(C)OCCCN.CC(C)OCCN.CC1(C)COC(CN)O1.CCCCOCCCN.CCCOCCCN.CCOC(CCCN)OCC.CCOCCCN.CCOCCN.COC(CCCN)OC.COCCCN.COCCN.NCCC1OCCO1. The highest BCUT2D eigenvalue weighted by Crippen LogP contribution is 2.20. The summed E-state index contributed by atoms with van der Waals surface area (Å²) in [4.78, 5) is 0. The molecule has 93 heavy (non-hydrogen) atoms. The van der Waals surface area contributed by atoms with E-state index >= 15 is 0 Å². The lowest BCUT2D eigenvalue weighted by Gasteiger charge is -2.15. The van der Waals surface area contributed by atoms with E-state index in [0.29, 0.717) is 97.7 Å². The Bertz CT molecular complexity index is 1090. The first-order valence-electron chi connectivity index (χ1n) is 34.5. The van der Waals surface area contributed by atoms with Gasteiger partial charge in [-0.2, -0.15) is 0 Å². The smallest absolute Gasteiger partial charge is 0.170 e. The fraction of sp³-hybridized carbons (Fsp3) is 1.00. The lowest BCUT2D eigenvalue weighted by atomic mass is 10.2. The fourth-order valence-corrected chi connectivity index (χ4v) is 5.61. The predicted octanol–water partition coefficient (Wildman–Crippen LogP) is 4.24. The van der Waals surface area contributed by atoms with Crippen molar-refractivity contribution in [3.8, 4) is 0 Å². The molecule has 2 fully saturated rings. The zero-order valence-corrected chi connectivity index (χ0v) is 63.1. The summed E-state index contributed by atoms with van der Waals surface area (Å²) >= 11 is 0. The van der Waals surface area contributed by atoms with Crippen molar-refractivity contribution in [3.63, 3.8) is 0 Å². The molecule has 0 saturated carbocycles. The van der Waals surface area contributed by atoms with Crippen molar-refractivity contribution in [2.45, 2.75) is 210 Å². The Kier molecular flexibility index (Phi) is 137. The van der Waals surface area contributed by atoms with Crippen LogP contribution in [-0.4, -0.2) is 262 Å². The Morgan fingerprint density at radius 3 is 1.05 bits per heavy atom. The standard InChI is InChI=1S/C8H19NO2.C7H17NO.C6H13NO2.C6H15NO2.2C6H15NO.C5H11NO2.2C5H13NO.2C4H11NO.C3H9NO/c1-3-10-8(11-4-2)6-5-7-9;1-2-3-6-9-7-4-5-8;1-6(2)4-8-5(3-7)9-6;1-8-6(9-2)4-3-5-7;1-6(2)8-5-3-4-7;1-2-5-8-6-3-4-7;6-2-1-5-7-3-4-8-5;1-5(2)7-4-3-6;1-2-7-5-3-4-6;1-6-4-2-3-5;1-2-6-4-3-5;1-5-3-2-4/h8H,3-7,9H2,1-2H3;2-8H2,1H3;5H,3-4,7H2,1-2H3;6H,3-5,7H2,1-2H3;6H,3-5,7H2,1-2H3;2-7H2,1H3;5H,1-4,6H2;5H,3-4,6H2,1-2H3;2-6H2,1H3;2*2-5H2,1H3;2-4H2,1H3. The van der Waals surface area contributed by atoms with Gasteiger partial charge in [0.05, 0.1) is 57.5 Å². The normalized spacial score (nSPS) is 13.2. The molecule has 2 saturated heterocycles. The summed E-state index contributed by atoms with van der Waals surface area (Å²) in [6.07, 6.45) is 13.2.